The average Bonchev–Trinajstić information content (AvgIpc) is 3.10. The number of hydrogen-bond donors (Lipinski definition) is 3. The minimum Gasteiger partial charge on any atom is -0.361 e. The van der Waals surface area contributed by atoms with Gasteiger partial charge in [0.25, 0.3) is 0 Å². The van der Waals surface area contributed by atoms with E-state index in [9.17, 15) is 4.79 Å². The van der Waals surface area contributed by atoms with Gasteiger partial charge >= 0.3 is 0 Å². The first-order chi connectivity index (χ1) is 11.5. The van der Waals surface area contributed by atoms with Crippen LogP contribution in [0.15, 0.2) is 36.5 Å². The van der Waals surface area contributed by atoms with Crippen LogP contribution in [0.2, 0.25) is 0 Å². The van der Waals surface area contributed by atoms with Gasteiger partial charge in [-0.3, -0.25) is 4.79 Å². The molecule has 3 aromatic rings. The molecule has 5 heteroatoms. The van der Waals surface area contributed by atoms with Crippen LogP contribution in [-0.2, 0) is 11.2 Å². The average molecular weight is 341 g/mol. The molecule has 3 rings (SSSR count). The van der Waals surface area contributed by atoms with Gasteiger partial charge in [0.05, 0.1) is 12.1 Å². The topological polar surface area (TPSA) is 70.9 Å². The Kier molecular flexibility index (Phi) is 4.73. The minimum absolute atomic E-state index is 0.0310. The van der Waals surface area contributed by atoms with Gasteiger partial charge < -0.3 is 16.0 Å². The summed E-state index contributed by atoms with van der Waals surface area (Å²) < 4.78 is 0. The number of nitrogens with one attached hydrogen (secondary N) is 2. The number of hydrogen-bond acceptors (Lipinski definition) is 3. The van der Waals surface area contributed by atoms with Crippen molar-refractivity contribution in [3.05, 3.63) is 57.4 Å². The first kappa shape index (κ1) is 16.7. The van der Waals surface area contributed by atoms with Crippen molar-refractivity contribution in [2.45, 2.75) is 39.3 Å². The number of fused-ring (bicyclic) bond motifs is 1. The van der Waals surface area contributed by atoms with E-state index in [1.165, 1.54) is 15.3 Å². The number of nitrogens with two attached hydrogens (primary N) is 1. The van der Waals surface area contributed by atoms with Crippen molar-refractivity contribution in [2.24, 2.45) is 5.73 Å². The summed E-state index contributed by atoms with van der Waals surface area (Å²) in [5.41, 5.74) is 9.46. The molecule has 4 nitrogen and oxygen atoms in total. The third kappa shape index (κ3) is 3.37. The molecule has 0 fully saturated rings. The second-order valence-electron chi connectivity index (χ2n) is 6.27. The molecular weight excluding hydrogens is 318 g/mol. The summed E-state index contributed by atoms with van der Waals surface area (Å²) in [6.07, 6.45) is 2.46. The summed E-state index contributed by atoms with van der Waals surface area (Å²) in [6, 6.07) is 9.59. The molecule has 2 heterocycles. The van der Waals surface area contributed by atoms with E-state index in [1.54, 1.807) is 11.3 Å². The highest BCUT2D eigenvalue weighted by Crippen LogP contribution is 2.26. The third-order valence-corrected chi connectivity index (χ3v) is 5.34. The Morgan fingerprint density at radius 1 is 1.33 bits per heavy atom. The minimum atomic E-state index is -0.563. The van der Waals surface area contributed by atoms with Crippen LogP contribution < -0.4 is 11.1 Å². The Bertz CT molecular complexity index is 865. The number of aromatic nitrogens is 1. The summed E-state index contributed by atoms with van der Waals surface area (Å²) in [5, 5.41) is 4.17. The van der Waals surface area contributed by atoms with Crippen LogP contribution in [-0.4, -0.2) is 16.9 Å². The first-order valence-electron chi connectivity index (χ1n) is 8.13. The molecule has 24 heavy (non-hydrogen) atoms. The number of para-hydroxylation sites is 1. The molecule has 1 aromatic carbocycles. The summed E-state index contributed by atoms with van der Waals surface area (Å²) in [7, 11) is 0. The fourth-order valence-corrected chi connectivity index (χ4v) is 4.13. The van der Waals surface area contributed by atoms with E-state index in [2.05, 4.69) is 30.2 Å². The zero-order valence-corrected chi connectivity index (χ0v) is 15.0. The van der Waals surface area contributed by atoms with Gasteiger partial charge in [0.15, 0.2) is 0 Å². The van der Waals surface area contributed by atoms with Crippen molar-refractivity contribution < 1.29 is 4.79 Å². The number of benzene rings is 1. The molecule has 126 valence electrons. The number of H-pyrrole nitrogens is 1. The van der Waals surface area contributed by atoms with E-state index in [0.29, 0.717) is 6.42 Å². The van der Waals surface area contributed by atoms with Gasteiger partial charge in [0.1, 0.15) is 0 Å². The summed E-state index contributed by atoms with van der Waals surface area (Å²) in [5.74, 6) is -0.115. The summed E-state index contributed by atoms with van der Waals surface area (Å²) >= 11 is 1.75. The summed E-state index contributed by atoms with van der Waals surface area (Å²) in [6.45, 7) is 6.17. The smallest absolute Gasteiger partial charge is 0.237 e. The highest BCUT2D eigenvalue weighted by atomic mass is 32.1. The number of aryl methyl sites for hydroxylation is 2. The van der Waals surface area contributed by atoms with E-state index in [4.69, 9.17) is 5.73 Å². The monoisotopic (exact) mass is 341 g/mol. The van der Waals surface area contributed by atoms with E-state index in [1.807, 2.05) is 37.4 Å². The number of carbonyl (C=O) groups is 1. The Labute approximate surface area is 146 Å². The normalized spacial score (nSPS) is 13.8. The van der Waals surface area contributed by atoms with Gasteiger partial charge in [0.2, 0.25) is 5.91 Å². The van der Waals surface area contributed by atoms with Crippen molar-refractivity contribution in [3.8, 4) is 0 Å². The molecule has 0 spiro atoms. The quantitative estimate of drug-likeness (QED) is 0.663. The lowest BCUT2D eigenvalue weighted by Gasteiger charge is -2.17. The van der Waals surface area contributed by atoms with Crippen LogP contribution in [0.4, 0.5) is 0 Å². The molecule has 2 atom stereocenters. The lowest BCUT2D eigenvalue weighted by Crippen LogP contribution is -2.43. The Morgan fingerprint density at radius 2 is 2.08 bits per heavy atom. The molecule has 2 aromatic heterocycles. The van der Waals surface area contributed by atoms with Crippen LogP contribution in [0, 0.1) is 13.8 Å². The van der Waals surface area contributed by atoms with Crippen LogP contribution in [0.5, 0.6) is 0 Å². The molecular formula is C19H23N3OS. The highest BCUT2D eigenvalue weighted by Gasteiger charge is 2.20. The van der Waals surface area contributed by atoms with Gasteiger partial charge in [0, 0.05) is 26.9 Å². The molecule has 4 N–H and O–H groups in total. The maximum atomic E-state index is 12.5. The number of carbonyl (C=O) groups excluding carboxylic acids is 1. The largest absolute Gasteiger partial charge is 0.361 e. The third-order valence-electron chi connectivity index (χ3n) is 4.36. The van der Waals surface area contributed by atoms with E-state index in [0.717, 1.165) is 16.5 Å². The number of aromatic amines is 1. The number of rotatable bonds is 5. The Hall–Kier alpha value is -2.11. The van der Waals surface area contributed by atoms with Crippen molar-refractivity contribution >= 4 is 28.1 Å². The fraction of sp³-hybridized carbons (Fsp3) is 0.316. The zero-order chi connectivity index (χ0) is 17.3. The molecule has 0 bridgehead atoms. The fourth-order valence-electron chi connectivity index (χ4n) is 3.11. The highest BCUT2D eigenvalue weighted by molar-refractivity contribution is 7.12. The molecule has 0 aliphatic rings. The predicted octanol–water partition coefficient (Wildman–Crippen LogP) is 3.59. The maximum absolute atomic E-state index is 12.5. The molecule has 1 unspecified atom stereocenters. The van der Waals surface area contributed by atoms with Gasteiger partial charge in [-0.2, -0.15) is 0 Å². The SMILES string of the molecule is Cc1cc(C(C)NC(=O)[C@@H](N)Cc2c[nH]c3ccccc23)c(C)s1. The predicted molar refractivity (Wildman–Crippen MR) is 100 cm³/mol. The van der Waals surface area contributed by atoms with Crippen LogP contribution >= 0.6 is 11.3 Å². The second-order valence-corrected chi connectivity index (χ2v) is 7.73. The summed E-state index contributed by atoms with van der Waals surface area (Å²) in [4.78, 5) is 18.2. The number of thiophene rings is 1. The lowest BCUT2D eigenvalue weighted by molar-refractivity contribution is -0.123. The number of amides is 1. The molecule has 1 amide bonds. The van der Waals surface area contributed by atoms with E-state index in [-0.39, 0.29) is 11.9 Å². The van der Waals surface area contributed by atoms with Crippen LogP contribution in [0.1, 0.15) is 33.8 Å². The standard InChI is InChI=1S/C19H23N3OS/c1-11-8-16(13(3)24-11)12(2)22-19(23)17(20)9-14-10-21-18-7-5-4-6-15(14)18/h4-8,10,12,17,21H,9,20H2,1-3H3,(H,22,23)/t12?,17-/m0/s1. The molecule has 0 saturated carbocycles. The van der Waals surface area contributed by atoms with Crippen molar-refractivity contribution in [2.75, 3.05) is 0 Å². The lowest BCUT2D eigenvalue weighted by atomic mass is 10.0. The first-order valence-corrected chi connectivity index (χ1v) is 8.95. The van der Waals surface area contributed by atoms with Gasteiger partial charge in [-0.25, -0.2) is 0 Å². The van der Waals surface area contributed by atoms with Crippen LogP contribution in [0.3, 0.4) is 0 Å². The van der Waals surface area contributed by atoms with Gasteiger partial charge in [-0.05, 0) is 50.5 Å². The van der Waals surface area contributed by atoms with Crippen molar-refractivity contribution in [3.63, 3.8) is 0 Å². The van der Waals surface area contributed by atoms with Crippen molar-refractivity contribution in [1.82, 2.24) is 10.3 Å². The van der Waals surface area contributed by atoms with E-state index < -0.39 is 6.04 Å². The molecule has 0 saturated heterocycles. The Morgan fingerprint density at radius 3 is 2.79 bits per heavy atom. The van der Waals surface area contributed by atoms with Gasteiger partial charge in [-0.15, -0.1) is 11.3 Å². The molecule has 0 aliphatic heterocycles. The van der Waals surface area contributed by atoms with Crippen molar-refractivity contribution in [1.29, 1.82) is 0 Å². The Balaban J connectivity index is 1.67. The second kappa shape index (κ2) is 6.79. The maximum Gasteiger partial charge on any atom is 0.237 e. The van der Waals surface area contributed by atoms with Gasteiger partial charge in [-0.1, -0.05) is 18.2 Å². The zero-order valence-electron chi connectivity index (χ0n) is 14.2. The van der Waals surface area contributed by atoms with Crippen LogP contribution in [0.25, 0.3) is 10.9 Å². The van der Waals surface area contributed by atoms with E-state index >= 15 is 0 Å². The molecule has 0 aliphatic carbocycles. The molecule has 0 radical (unpaired) electrons.